The lowest BCUT2D eigenvalue weighted by atomic mass is 10.00. The van der Waals surface area contributed by atoms with Crippen LogP contribution >= 0.6 is 0 Å². The van der Waals surface area contributed by atoms with Crippen molar-refractivity contribution < 1.29 is 56.8 Å². The molecule has 0 aliphatic carbocycles. The Morgan fingerprint density at radius 1 is 0.673 bits per heavy atom. The van der Waals surface area contributed by atoms with Crippen molar-refractivity contribution in [1.82, 2.24) is 0 Å². The Balaban J connectivity index is 2.56. The zero-order valence-electron chi connectivity index (χ0n) is 31.1. The van der Waals surface area contributed by atoms with E-state index in [2.05, 4.69) is 62.5 Å². The minimum Gasteiger partial charge on any atom is -0.462 e. The quantitative estimate of drug-likeness (QED) is 0.0293. The Labute approximate surface area is 311 Å². The van der Waals surface area contributed by atoms with E-state index in [4.69, 9.17) is 18.9 Å². The Bertz CT molecular complexity index is 1210. The molecule has 0 aromatic heterocycles. The van der Waals surface area contributed by atoms with Gasteiger partial charge in [-0.15, -0.1) is 0 Å². The summed E-state index contributed by atoms with van der Waals surface area (Å²) in [4.78, 5) is 25.1. The fraction of sp³-hybridized carbons (Fsp3) is 0.692. The molecule has 12 nitrogen and oxygen atoms in total. The first-order valence-electron chi connectivity index (χ1n) is 18.8. The van der Waals surface area contributed by atoms with Gasteiger partial charge in [0.1, 0.15) is 36.8 Å². The second kappa shape index (κ2) is 29.8. The van der Waals surface area contributed by atoms with Crippen LogP contribution in [-0.4, -0.2) is 96.0 Å². The third kappa shape index (κ3) is 24.6. The first kappa shape index (κ1) is 47.4. The van der Waals surface area contributed by atoms with Crippen LogP contribution < -0.4 is 0 Å². The van der Waals surface area contributed by atoms with Gasteiger partial charge in [0, 0.05) is 12.8 Å². The predicted molar refractivity (Wildman–Crippen MR) is 201 cm³/mol. The fourth-order valence-electron chi connectivity index (χ4n) is 5.18. The average Bonchev–Trinajstić information content (AvgIpc) is 3.10. The highest BCUT2D eigenvalue weighted by Gasteiger charge is 2.46. The normalized spacial score (nSPS) is 22.0. The molecule has 0 radical (unpaired) electrons. The largest absolute Gasteiger partial charge is 0.462 e. The highest BCUT2D eigenvalue weighted by atomic mass is 32.2. The molecule has 0 bridgehead atoms. The minimum atomic E-state index is -4.60. The van der Waals surface area contributed by atoms with Gasteiger partial charge in [0.25, 0.3) is 10.1 Å². The van der Waals surface area contributed by atoms with Crippen LogP contribution in [0.5, 0.6) is 0 Å². The van der Waals surface area contributed by atoms with E-state index in [9.17, 15) is 37.9 Å². The first-order chi connectivity index (χ1) is 25.0. The molecule has 0 saturated carbocycles. The highest BCUT2D eigenvalue weighted by Crippen LogP contribution is 2.23. The summed E-state index contributed by atoms with van der Waals surface area (Å²) in [5.74, 6) is -2.08. The second-order valence-electron chi connectivity index (χ2n) is 12.9. The molecule has 1 rings (SSSR count). The van der Waals surface area contributed by atoms with Crippen LogP contribution in [0, 0.1) is 0 Å². The van der Waals surface area contributed by atoms with Gasteiger partial charge in [-0.1, -0.05) is 113 Å². The lowest BCUT2D eigenvalue weighted by Gasteiger charge is -2.40. The van der Waals surface area contributed by atoms with E-state index < -0.39 is 71.2 Å². The Morgan fingerprint density at radius 3 is 1.79 bits per heavy atom. The van der Waals surface area contributed by atoms with E-state index in [0.717, 1.165) is 57.8 Å². The molecule has 0 aromatic rings. The van der Waals surface area contributed by atoms with Gasteiger partial charge in [-0.3, -0.25) is 14.1 Å². The number of hydrogen-bond acceptors (Lipinski definition) is 11. The third-order valence-corrected chi connectivity index (χ3v) is 8.86. The second-order valence-corrected chi connectivity index (χ2v) is 14.4. The average molecular weight is 757 g/mol. The van der Waals surface area contributed by atoms with Gasteiger partial charge in [0.2, 0.25) is 0 Å². The number of ether oxygens (including phenoxy) is 4. The van der Waals surface area contributed by atoms with Gasteiger partial charge in [-0.2, -0.15) is 8.42 Å². The van der Waals surface area contributed by atoms with E-state index in [1.165, 1.54) is 12.8 Å². The molecule has 2 unspecified atom stereocenters. The van der Waals surface area contributed by atoms with Crippen LogP contribution in [0.3, 0.4) is 0 Å². The van der Waals surface area contributed by atoms with Crippen LogP contribution in [0.1, 0.15) is 117 Å². The molecule has 0 spiro atoms. The van der Waals surface area contributed by atoms with Crippen molar-refractivity contribution in [2.24, 2.45) is 0 Å². The van der Waals surface area contributed by atoms with Gasteiger partial charge >= 0.3 is 11.9 Å². The van der Waals surface area contributed by atoms with Crippen molar-refractivity contribution in [3.05, 3.63) is 60.8 Å². The number of aliphatic hydroxyl groups excluding tert-OH is 3. The number of aliphatic hydroxyl groups is 3. The zero-order chi connectivity index (χ0) is 38.5. The monoisotopic (exact) mass is 756 g/mol. The smallest absolute Gasteiger partial charge is 0.306 e. The number of unbranched alkanes of at least 4 members (excludes halogenated alkanes) is 7. The maximum absolute atomic E-state index is 12.7. The third-order valence-electron chi connectivity index (χ3n) is 8.11. The molecule has 1 aliphatic heterocycles. The summed E-state index contributed by atoms with van der Waals surface area (Å²) < 4.78 is 53.6. The molecule has 1 aliphatic rings. The number of hydrogen-bond donors (Lipinski definition) is 4. The van der Waals surface area contributed by atoms with Gasteiger partial charge in [0.15, 0.2) is 12.4 Å². The summed E-state index contributed by atoms with van der Waals surface area (Å²) in [5, 5.41) is 30.7. The summed E-state index contributed by atoms with van der Waals surface area (Å²) in [5.41, 5.74) is 0. The molecule has 13 heteroatoms. The highest BCUT2D eigenvalue weighted by molar-refractivity contribution is 7.85. The molecular formula is C39H64O12S. The maximum atomic E-state index is 12.7. The summed E-state index contributed by atoms with van der Waals surface area (Å²) in [6.45, 7) is 3.50. The predicted octanol–water partition coefficient (Wildman–Crippen LogP) is 6.22. The lowest BCUT2D eigenvalue weighted by molar-refractivity contribution is -0.297. The molecule has 6 atom stereocenters. The molecule has 52 heavy (non-hydrogen) atoms. The lowest BCUT2D eigenvalue weighted by Crippen LogP contribution is -2.60. The Hall–Kier alpha value is -2.65. The number of carbonyl (C=O) groups excluding carboxylic acids is 2. The standard InChI is InChI=1S/C39H64O12S/c1-3-5-7-9-11-12-13-14-15-16-17-18-19-20-22-24-26-28-35(41)50-32(29-48-34(40)27-25-23-21-10-8-6-4-2)30-49-39-38(44)37(43)36(42)33(51-39)31-52(45,46)47/h5,7,11-12,14-15,17-18,20,22,32-33,36-39,42-44H,3-4,6,8-10,13,16,19,21,23-31H2,1-2H3,(H,45,46,47)/b7-5+,12-11+,15-14+,18-17+,22-20+/t32-,33-,36-,37?,38?,39+/m1/s1. The topological polar surface area (TPSA) is 186 Å². The molecule has 1 fully saturated rings. The van der Waals surface area contributed by atoms with Crippen molar-refractivity contribution in [1.29, 1.82) is 0 Å². The number of carbonyl (C=O) groups is 2. The van der Waals surface area contributed by atoms with Crippen molar-refractivity contribution in [2.75, 3.05) is 19.0 Å². The Kier molecular flexibility index (Phi) is 27.1. The van der Waals surface area contributed by atoms with Crippen LogP contribution in [-0.2, 0) is 38.7 Å². The van der Waals surface area contributed by atoms with Crippen molar-refractivity contribution >= 4 is 22.1 Å². The molecular weight excluding hydrogens is 692 g/mol. The molecule has 4 N–H and O–H groups in total. The van der Waals surface area contributed by atoms with E-state index in [1.807, 2.05) is 12.2 Å². The van der Waals surface area contributed by atoms with E-state index in [-0.39, 0.29) is 19.4 Å². The number of allylic oxidation sites excluding steroid dienone is 10. The number of esters is 2. The summed E-state index contributed by atoms with van der Waals surface area (Å²) in [6.07, 6.45) is 24.6. The van der Waals surface area contributed by atoms with Crippen molar-refractivity contribution in [2.45, 2.75) is 153 Å². The summed E-state index contributed by atoms with van der Waals surface area (Å²) in [6, 6.07) is 0. The van der Waals surface area contributed by atoms with Crippen molar-refractivity contribution in [3.63, 3.8) is 0 Å². The van der Waals surface area contributed by atoms with E-state index in [1.54, 1.807) is 0 Å². The van der Waals surface area contributed by atoms with Crippen LogP contribution in [0.4, 0.5) is 0 Å². The minimum absolute atomic E-state index is 0.0840. The maximum Gasteiger partial charge on any atom is 0.306 e. The number of rotatable bonds is 29. The first-order valence-corrected chi connectivity index (χ1v) is 20.5. The van der Waals surface area contributed by atoms with Gasteiger partial charge < -0.3 is 34.3 Å². The fourth-order valence-corrected chi connectivity index (χ4v) is 5.87. The molecule has 1 heterocycles. The molecule has 0 aromatic carbocycles. The van der Waals surface area contributed by atoms with Crippen LogP contribution in [0.2, 0.25) is 0 Å². The van der Waals surface area contributed by atoms with Gasteiger partial charge in [0.05, 0.1) is 6.61 Å². The van der Waals surface area contributed by atoms with Gasteiger partial charge in [-0.05, 0) is 51.4 Å². The summed E-state index contributed by atoms with van der Waals surface area (Å²) >= 11 is 0. The zero-order valence-corrected chi connectivity index (χ0v) is 32.0. The molecule has 298 valence electrons. The van der Waals surface area contributed by atoms with Crippen LogP contribution in [0.15, 0.2) is 60.8 Å². The van der Waals surface area contributed by atoms with Gasteiger partial charge in [-0.25, -0.2) is 0 Å². The molecule has 0 amide bonds. The van der Waals surface area contributed by atoms with E-state index in [0.29, 0.717) is 19.3 Å². The van der Waals surface area contributed by atoms with Crippen molar-refractivity contribution in [3.8, 4) is 0 Å². The SMILES string of the molecule is CC/C=C/C/C=C/C/C=C/C/C=C/C/C=C/CCCC(=O)O[C@H](COC(=O)CCCCCCCCC)CO[C@H]1O[C@H](CS(=O)(=O)O)[C@@H](O)C(O)C1O. The van der Waals surface area contributed by atoms with Crippen LogP contribution in [0.25, 0.3) is 0 Å². The van der Waals surface area contributed by atoms with E-state index >= 15 is 0 Å². The summed E-state index contributed by atoms with van der Waals surface area (Å²) in [7, 11) is -4.60. The molecule has 1 saturated heterocycles. The Morgan fingerprint density at radius 2 is 1.21 bits per heavy atom.